The van der Waals surface area contributed by atoms with Gasteiger partial charge < -0.3 is 5.32 Å². The summed E-state index contributed by atoms with van der Waals surface area (Å²) in [5.41, 5.74) is 3.67. The lowest BCUT2D eigenvalue weighted by atomic mass is 9.85. The number of nitrogens with one attached hydrogen (secondary N) is 1. The van der Waals surface area contributed by atoms with E-state index in [4.69, 9.17) is 5.10 Å². The summed E-state index contributed by atoms with van der Waals surface area (Å²) in [4.78, 5) is 28.0. The van der Waals surface area contributed by atoms with E-state index in [0.29, 0.717) is 23.3 Å². The van der Waals surface area contributed by atoms with Crippen LogP contribution in [0.4, 0.5) is 11.6 Å². The van der Waals surface area contributed by atoms with Gasteiger partial charge in [0, 0.05) is 40.0 Å². The molecule has 0 fully saturated rings. The van der Waals surface area contributed by atoms with E-state index in [1.165, 1.54) is 23.9 Å². The van der Waals surface area contributed by atoms with Gasteiger partial charge in [-0.1, -0.05) is 52.0 Å². The summed E-state index contributed by atoms with van der Waals surface area (Å²) in [7, 11) is 0. The van der Waals surface area contributed by atoms with Gasteiger partial charge in [0.2, 0.25) is 11.1 Å². The quantitative estimate of drug-likeness (QED) is 0.283. The number of aromatic nitrogens is 3. The minimum Gasteiger partial charge on any atom is -0.328 e. The van der Waals surface area contributed by atoms with Crippen molar-refractivity contribution in [1.82, 2.24) is 14.8 Å². The largest absolute Gasteiger partial charge is 0.328 e. The lowest BCUT2D eigenvalue weighted by Crippen LogP contribution is -2.31. The number of Topliss-reactive ketones (excluding diaryl/α,β-unsaturated/α-hetero) is 1. The molecule has 32 heavy (non-hydrogen) atoms. The number of hydrogen-bond donors (Lipinski definition) is 1. The van der Waals surface area contributed by atoms with Crippen molar-refractivity contribution in [2.75, 3.05) is 5.32 Å². The molecule has 0 radical (unpaired) electrons. The van der Waals surface area contributed by atoms with Crippen LogP contribution in [0, 0.1) is 10.1 Å². The minimum absolute atomic E-state index is 0.0664. The van der Waals surface area contributed by atoms with Crippen molar-refractivity contribution in [3.05, 3.63) is 85.5 Å². The molecule has 1 aliphatic carbocycles. The molecule has 0 bridgehead atoms. The number of allylic oxidation sites excluding steroid dienone is 2. The molecule has 2 aliphatic rings. The Morgan fingerprint density at radius 1 is 1.22 bits per heavy atom. The highest BCUT2D eigenvalue weighted by molar-refractivity contribution is 9.10. The highest BCUT2D eigenvalue weighted by atomic mass is 79.9. The molecule has 1 atom stereocenters. The Hall–Kier alpha value is -2.98. The molecule has 0 saturated carbocycles. The molecule has 162 valence electrons. The zero-order chi connectivity index (χ0) is 22.2. The van der Waals surface area contributed by atoms with E-state index in [1.807, 2.05) is 24.3 Å². The number of rotatable bonds is 5. The summed E-state index contributed by atoms with van der Waals surface area (Å²) < 4.78 is 2.73. The maximum absolute atomic E-state index is 12.9. The number of halogens is 1. The summed E-state index contributed by atoms with van der Waals surface area (Å²) in [5.74, 6) is 1.34. The number of fused-ring (bicyclic) bond motifs is 1. The lowest BCUT2D eigenvalue weighted by Gasteiger charge is -2.32. The Balaban J connectivity index is 1.45. The molecule has 1 aromatic heterocycles. The van der Waals surface area contributed by atoms with Crippen LogP contribution in [0.25, 0.3) is 0 Å². The second kappa shape index (κ2) is 8.51. The van der Waals surface area contributed by atoms with Gasteiger partial charge in [-0.25, -0.2) is 4.68 Å². The van der Waals surface area contributed by atoms with Gasteiger partial charge in [0.15, 0.2) is 5.78 Å². The van der Waals surface area contributed by atoms with E-state index < -0.39 is 4.92 Å². The Kier molecular flexibility index (Phi) is 5.56. The van der Waals surface area contributed by atoms with E-state index in [9.17, 15) is 14.9 Å². The first-order chi connectivity index (χ1) is 15.5. The smallest absolute Gasteiger partial charge is 0.269 e. The van der Waals surface area contributed by atoms with Gasteiger partial charge in [0.05, 0.1) is 4.92 Å². The number of nitro benzene ring substituents is 1. The van der Waals surface area contributed by atoms with Crippen molar-refractivity contribution in [2.24, 2.45) is 0 Å². The number of hydrogen-bond acceptors (Lipinski definition) is 7. The van der Waals surface area contributed by atoms with Gasteiger partial charge in [-0.2, -0.15) is 4.98 Å². The number of nitro groups is 1. The van der Waals surface area contributed by atoms with Crippen molar-refractivity contribution in [2.45, 2.75) is 36.2 Å². The summed E-state index contributed by atoms with van der Waals surface area (Å²) in [6.45, 7) is 0. The number of benzene rings is 2. The molecule has 0 amide bonds. The highest BCUT2D eigenvalue weighted by Crippen LogP contribution is 2.41. The third kappa shape index (κ3) is 3.95. The van der Waals surface area contributed by atoms with Crippen LogP contribution in [0.2, 0.25) is 0 Å². The van der Waals surface area contributed by atoms with Crippen molar-refractivity contribution in [3.63, 3.8) is 0 Å². The fourth-order valence-electron chi connectivity index (χ4n) is 4.04. The number of carbonyl (C=O) groups is 1. The van der Waals surface area contributed by atoms with Crippen LogP contribution in [-0.4, -0.2) is 25.5 Å². The van der Waals surface area contributed by atoms with Gasteiger partial charge in [-0.3, -0.25) is 14.9 Å². The molecular weight excluding hydrogens is 494 g/mol. The molecule has 1 N–H and O–H groups in total. The normalized spacial score (nSPS) is 17.5. The molecule has 3 aromatic rings. The molecule has 1 aliphatic heterocycles. The third-order valence-corrected chi connectivity index (χ3v) is 6.93. The summed E-state index contributed by atoms with van der Waals surface area (Å²) in [6, 6.07) is 14.1. The Morgan fingerprint density at radius 3 is 2.78 bits per heavy atom. The number of anilines is 1. The van der Waals surface area contributed by atoms with E-state index in [2.05, 4.69) is 26.2 Å². The molecule has 2 aromatic carbocycles. The minimum atomic E-state index is -0.411. The molecule has 5 rings (SSSR count). The number of non-ortho nitro benzene ring substituents is 1. The van der Waals surface area contributed by atoms with Crippen LogP contribution in [0.3, 0.4) is 0 Å². The second-order valence-electron chi connectivity index (χ2n) is 7.63. The molecule has 8 nitrogen and oxygen atoms in total. The topological polar surface area (TPSA) is 103 Å². The maximum atomic E-state index is 12.9. The van der Waals surface area contributed by atoms with E-state index in [-0.39, 0.29) is 17.5 Å². The summed E-state index contributed by atoms with van der Waals surface area (Å²) in [5, 5.41) is 19.5. The van der Waals surface area contributed by atoms with Gasteiger partial charge in [-0.15, -0.1) is 5.10 Å². The van der Waals surface area contributed by atoms with E-state index in [1.54, 1.807) is 16.8 Å². The van der Waals surface area contributed by atoms with Gasteiger partial charge in [0.25, 0.3) is 5.69 Å². The number of thioether (sulfide) groups is 1. The van der Waals surface area contributed by atoms with Crippen molar-refractivity contribution in [1.29, 1.82) is 0 Å². The van der Waals surface area contributed by atoms with Crippen LogP contribution >= 0.6 is 27.7 Å². The van der Waals surface area contributed by atoms with Crippen molar-refractivity contribution < 1.29 is 9.72 Å². The maximum Gasteiger partial charge on any atom is 0.269 e. The van der Waals surface area contributed by atoms with Gasteiger partial charge >= 0.3 is 0 Å². The Bertz CT molecular complexity index is 1250. The zero-order valence-corrected chi connectivity index (χ0v) is 19.2. The number of nitrogens with zero attached hydrogens (tertiary/aromatic N) is 4. The molecule has 0 saturated heterocycles. The van der Waals surface area contributed by atoms with Crippen LogP contribution in [0.5, 0.6) is 0 Å². The lowest BCUT2D eigenvalue weighted by molar-refractivity contribution is -0.384. The predicted octanol–water partition coefficient (Wildman–Crippen LogP) is 5.26. The Morgan fingerprint density at radius 2 is 2.03 bits per heavy atom. The molecule has 10 heteroatoms. The monoisotopic (exact) mass is 511 g/mol. The SMILES string of the molecule is O=C1CCCC2=C1C(c1cccc(Br)c1)n1nc(SCc3ccc([N+](=O)[O-])cc3)nc1N2. The van der Waals surface area contributed by atoms with Crippen LogP contribution in [-0.2, 0) is 10.5 Å². The fraction of sp³-hybridized carbons (Fsp3) is 0.227. The first kappa shape index (κ1) is 20.9. The van der Waals surface area contributed by atoms with Crippen molar-refractivity contribution in [3.8, 4) is 0 Å². The fourth-order valence-corrected chi connectivity index (χ4v) is 5.25. The average Bonchev–Trinajstić information content (AvgIpc) is 3.19. The van der Waals surface area contributed by atoms with Crippen LogP contribution < -0.4 is 5.32 Å². The average molecular weight is 512 g/mol. The van der Waals surface area contributed by atoms with E-state index in [0.717, 1.165) is 39.7 Å². The summed E-state index contributed by atoms with van der Waals surface area (Å²) in [6.07, 6.45) is 2.17. The van der Waals surface area contributed by atoms with Gasteiger partial charge in [-0.05, 0) is 36.1 Å². The van der Waals surface area contributed by atoms with Crippen LogP contribution in [0.15, 0.2) is 69.4 Å². The molecule has 2 heterocycles. The Labute approximate surface area is 196 Å². The summed E-state index contributed by atoms with van der Waals surface area (Å²) >= 11 is 4.98. The van der Waals surface area contributed by atoms with Crippen molar-refractivity contribution >= 4 is 45.1 Å². The van der Waals surface area contributed by atoms with Gasteiger partial charge in [0.1, 0.15) is 6.04 Å². The first-order valence-corrected chi connectivity index (χ1v) is 11.9. The highest BCUT2D eigenvalue weighted by Gasteiger charge is 2.36. The zero-order valence-electron chi connectivity index (χ0n) is 16.8. The molecular formula is C22H18BrN5O3S. The standard InChI is InChI=1S/C22H18BrN5O3S/c23-15-4-1-3-14(11-15)20-19-17(5-2-6-18(19)29)24-21-25-22(26-27(20)21)32-12-13-7-9-16(10-8-13)28(30)31/h1,3-4,7-11,20H,2,5-6,12H2,(H,24,25,26). The number of ketones is 1. The predicted molar refractivity (Wildman–Crippen MR) is 124 cm³/mol. The third-order valence-electron chi connectivity index (χ3n) is 5.53. The molecule has 1 unspecified atom stereocenters. The van der Waals surface area contributed by atoms with E-state index >= 15 is 0 Å². The first-order valence-electron chi connectivity index (χ1n) is 10.1. The number of carbonyl (C=O) groups excluding carboxylic acids is 1. The molecule has 0 spiro atoms. The second-order valence-corrected chi connectivity index (χ2v) is 9.48. The van der Waals surface area contributed by atoms with Crippen LogP contribution in [0.1, 0.15) is 36.4 Å².